The van der Waals surface area contributed by atoms with E-state index in [1.54, 1.807) is 0 Å². The van der Waals surface area contributed by atoms with Crippen LogP contribution in [0.25, 0.3) is 0 Å². The zero-order valence-corrected chi connectivity index (χ0v) is 19.0. The molecule has 0 aromatic carbocycles. The minimum Gasteiger partial charge on any atom is -0.393 e. The third-order valence-electron chi connectivity index (χ3n) is 10.4. The molecule has 0 saturated heterocycles. The van der Waals surface area contributed by atoms with Gasteiger partial charge in [-0.15, -0.1) is 0 Å². The van der Waals surface area contributed by atoms with Crippen molar-refractivity contribution in [2.75, 3.05) is 0 Å². The largest absolute Gasteiger partial charge is 0.393 e. The van der Waals surface area contributed by atoms with Gasteiger partial charge >= 0.3 is 0 Å². The van der Waals surface area contributed by atoms with E-state index in [4.69, 9.17) is 4.52 Å². The first-order valence-corrected chi connectivity index (χ1v) is 12.5. The molecule has 4 aliphatic carbocycles. The Morgan fingerprint density at radius 2 is 1.77 bits per heavy atom. The van der Waals surface area contributed by atoms with Crippen LogP contribution in [0.3, 0.4) is 0 Å². The predicted octanol–water partition coefficient (Wildman–Crippen LogP) is 4.69. The van der Waals surface area contributed by atoms with E-state index >= 15 is 0 Å². The van der Waals surface area contributed by atoms with E-state index in [0.717, 1.165) is 56.2 Å². The van der Waals surface area contributed by atoms with Crippen molar-refractivity contribution >= 4 is 0 Å². The second kappa shape index (κ2) is 7.58. The number of nitrogens with zero attached hydrogens (tertiary/aromatic N) is 2. The quantitative estimate of drug-likeness (QED) is 0.744. The third-order valence-corrected chi connectivity index (χ3v) is 10.4. The monoisotopic (exact) mass is 416 g/mol. The number of aliphatic hydroxyl groups excluding tert-OH is 2. The first-order valence-electron chi connectivity index (χ1n) is 12.5. The smallest absolute Gasteiger partial charge is 0.226 e. The van der Waals surface area contributed by atoms with Crippen molar-refractivity contribution in [3.63, 3.8) is 0 Å². The Morgan fingerprint density at radius 3 is 2.53 bits per heavy atom. The molecular formula is C25H40N2O3. The highest BCUT2D eigenvalue weighted by atomic mass is 16.5. The molecule has 5 nitrogen and oxygen atoms in total. The summed E-state index contributed by atoms with van der Waals surface area (Å²) in [6.45, 7) is 6.91. The molecule has 0 unspecified atom stereocenters. The molecule has 5 heteroatoms. The molecule has 0 aliphatic heterocycles. The highest BCUT2D eigenvalue weighted by molar-refractivity contribution is 5.11. The Kier molecular flexibility index (Phi) is 5.29. The SMILES string of the molecule is Cc1noc(CCC[C@H]2CC[C@H]3[C@@H]4[C@@H](O)C[C@@H]5C[C@H](O)CC[C@]5(C)[C@H]4CC[C@]23C)n1. The van der Waals surface area contributed by atoms with Crippen LogP contribution in [-0.4, -0.2) is 32.6 Å². The van der Waals surface area contributed by atoms with Crippen LogP contribution in [0.5, 0.6) is 0 Å². The van der Waals surface area contributed by atoms with Crippen LogP contribution in [0.15, 0.2) is 4.52 Å². The topological polar surface area (TPSA) is 79.4 Å². The van der Waals surface area contributed by atoms with Gasteiger partial charge in [0, 0.05) is 6.42 Å². The number of aromatic nitrogens is 2. The van der Waals surface area contributed by atoms with Crippen molar-refractivity contribution in [3.05, 3.63) is 11.7 Å². The number of hydrogen-bond donors (Lipinski definition) is 2. The standard InChI is InChI=1S/C25H40N2O3/c1-15-26-22(30-27-15)6-4-5-16-7-8-19-23-20(10-12-24(16,19)2)25(3)11-9-18(28)13-17(25)14-21(23)29/h16-21,23,28-29H,4-14H2,1-3H3/t16-,17-,18+,19-,20-,21-,23-,24+,25-/m0/s1. The summed E-state index contributed by atoms with van der Waals surface area (Å²) >= 11 is 0. The van der Waals surface area contributed by atoms with Gasteiger partial charge < -0.3 is 14.7 Å². The van der Waals surface area contributed by atoms with Crippen molar-refractivity contribution in [3.8, 4) is 0 Å². The number of fused-ring (bicyclic) bond motifs is 5. The molecule has 5 rings (SSSR count). The number of rotatable bonds is 4. The zero-order chi connectivity index (χ0) is 21.1. The summed E-state index contributed by atoms with van der Waals surface area (Å²) in [7, 11) is 0. The van der Waals surface area contributed by atoms with E-state index in [0.29, 0.717) is 34.5 Å². The maximum absolute atomic E-state index is 11.3. The van der Waals surface area contributed by atoms with Gasteiger partial charge in [-0.1, -0.05) is 19.0 Å². The molecule has 2 N–H and O–H groups in total. The molecule has 4 saturated carbocycles. The van der Waals surface area contributed by atoms with Crippen molar-refractivity contribution < 1.29 is 14.7 Å². The molecule has 4 fully saturated rings. The van der Waals surface area contributed by atoms with E-state index in [-0.39, 0.29) is 12.2 Å². The molecule has 1 aromatic rings. The fourth-order valence-electron chi connectivity index (χ4n) is 8.72. The molecule has 0 spiro atoms. The molecule has 0 amide bonds. The first-order chi connectivity index (χ1) is 14.3. The van der Waals surface area contributed by atoms with Gasteiger partial charge in [0.15, 0.2) is 5.82 Å². The average molecular weight is 417 g/mol. The van der Waals surface area contributed by atoms with E-state index < -0.39 is 0 Å². The number of hydrogen-bond acceptors (Lipinski definition) is 5. The zero-order valence-electron chi connectivity index (χ0n) is 19.0. The average Bonchev–Trinajstić information content (AvgIpc) is 3.26. The lowest BCUT2D eigenvalue weighted by Gasteiger charge is -2.62. The van der Waals surface area contributed by atoms with Crippen molar-refractivity contribution in [1.29, 1.82) is 0 Å². The molecule has 1 aromatic heterocycles. The van der Waals surface area contributed by atoms with Crippen LogP contribution in [0.4, 0.5) is 0 Å². The molecule has 1 heterocycles. The normalized spacial score (nSPS) is 48.1. The lowest BCUT2D eigenvalue weighted by atomic mass is 9.44. The van der Waals surface area contributed by atoms with Crippen molar-refractivity contribution in [1.82, 2.24) is 10.1 Å². The summed E-state index contributed by atoms with van der Waals surface area (Å²) in [5.41, 5.74) is 0.683. The Morgan fingerprint density at radius 1 is 1.00 bits per heavy atom. The molecule has 30 heavy (non-hydrogen) atoms. The van der Waals surface area contributed by atoms with Crippen LogP contribution in [0.2, 0.25) is 0 Å². The highest BCUT2D eigenvalue weighted by Gasteiger charge is 2.62. The molecular weight excluding hydrogens is 376 g/mol. The lowest BCUT2D eigenvalue weighted by molar-refractivity contribution is -0.172. The van der Waals surface area contributed by atoms with Gasteiger partial charge in [0.2, 0.25) is 5.89 Å². The van der Waals surface area contributed by atoms with Crippen LogP contribution in [0.1, 0.15) is 89.8 Å². The van der Waals surface area contributed by atoms with Crippen LogP contribution >= 0.6 is 0 Å². The molecule has 9 atom stereocenters. The minimum absolute atomic E-state index is 0.154. The fraction of sp³-hybridized carbons (Fsp3) is 0.920. The second-order valence-corrected chi connectivity index (χ2v) is 11.7. The van der Waals surface area contributed by atoms with Crippen molar-refractivity contribution in [2.45, 2.75) is 104 Å². The van der Waals surface area contributed by atoms with Gasteiger partial charge in [-0.05, 0) is 112 Å². The summed E-state index contributed by atoms with van der Waals surface area (Å²) in [5, 5.41) is 25.5. The van der Waals surface area contributed by atoms with E-state index in [2.05, 4.69) is 24.0 Å². The van der Waals surface area contributed by atoms with Gasteiger partial charge in [-0.2, -0.15) is 4.98 Å². The third kappa shape index (κ3) is 3.26. The lowest BCUT2D eigenvalue weighted by Crippen LogP contribution is -2.58. The fourth-order valence-corrected chi connectivity index (χ4v) is 8.72. The molecule has 168 valence electrons. The Hall–Kier alpha value is -0.940. The maximum atomic E-state index is 11.3. The summed E-state index contributed by atoms with van der Waals surface area (Å²) in [6.07, 6.45) is 11.9. The van der Waals surface area contributed by atoms with Gasteiger partial charge in [-0.3, -0.25) is 0 Å². The van der Waals surface area contributed by atoms with Gasteiger partial charge in [0.25, 0.3) is 0 Å². The Balaban J connectivity index is 1.29. The summed E-state index contributed by atoms with van der Waals surface area (Å²) in [4.78, 5) is 4.36. The van der Waals surface area contributed by atoms with Gasteiger partial charge in [0.05, 0.1) is 12.2 Å². The van der Waals surface area contributed by atoms with Gasteiger partial charge in [0.1, 0.15) is 0 Å². The van der Waals surface area contributed by atoms with Crippen LogP contribution in [-0.2, 0) is 6.42 Å². The highest BCUT2D eigenvalue weighted by Crippen LogP contribution is 2.67. The summed E-state index contributed by atoms with van der Waals surface area (Å²) in [5.74, 6) is 4.50. The first kappa shape index (κ1) is 20.9. The van der Waals surface area contributed by atoms with E-state index in [1.165, 1.54) is 32.1 Å². The Labute approximate surface area is 181 Å². The molecule has 4 aliphatic rings. The van der Waals surface area contributed by atoms with Crippen molar-refractivity contribution in [2.24, 2.45) is 40.4 Å². The summed E-state index contributed by atoms with van der Waals surface area (Å²) in [6, 6.07) is 0. The second-order valence-electron chi connectivity index (χ2n) is 11.7. The number of aryl methyl sites for hydroxylation is 2. The van der Waals surface area contributed by atoms with E-state index in [1.807, 2.05) is 6.92 Å². The molecule has 0 radical (unpaired) electrons. The summed E-state index contributed by atoms with van der Waals surface area (Å²) < 4.78 is 5.30. The van der Waals surface area contributed by atoms with Crippen LogP contribution < -0.4 is 0 Å². The predicted molar refractivity (Wildman–Crippen MR) is 115 cm³/mol. The Bertz CT molecular complexity index is 765. The van der Waals surface area contributed by atoms with Gasteiger partial charge in [-0.25, -0.2) is 0 Å². The number of aliphatic hydroxyl groups is 2. The molecule has 0 bridgehead atoms. The van der Waals surface area contributed by atoms with E-state index in [9.17, 15) is 10.2 Å². The minimum atomic E-state index is -0.178. The maximum Gasteiger partial charge on any atom is 0.226 e. The van der Waals surface area contributed by atoms with Crippen LogP contribution in [0, 0.1) is 47.3 Å².